The molecule has 0 radical (unpaired) electrons. The Kier molecular flexibility index (Phi) is 5.26. The smallest absolute Gasteiger partial charge is 0.159 e. The molecule has 2 nitrogen and oxygen atoms in total. The first-order valence-electron chi connectivity index (χ1n) is 6.33. The molecule has 0 unspecified atom stereocenters. The molecule has 0 heterocycles. The van der Waals surface area contributed by atoms with Crippen molar-refractivity contribution in [2.75, 3.05) is 0 Å². The number of aryl methyl sites for hydroxylation is 2. The predicted octanol–water partition coefficient (Wildman–Crippen LogP) is 4.95. The second-order valence-electron chi connectivity index (χ2n) is 4.63. The number of halogens is 1. The summed E-state index contributed by atoms with van der Waals surface area (Å²) in [7, 11) is 0. The number of nitrogens with zero attached hydrogens (tertiary/aromatic N) is 1. The Balaban J connectivity index is 2.00. The summed E-state index contributed by atoms with van der Waals surface area (Å²) >= 11 is 4.98. The van der Waals surface area contributed by atoms with Crippen molar-refractivity contribution in [1.29, 1.82) is 0 Å². The molecule has 0 spiro atoms. The van der Waals surface area contributed by atoms with Crippen LogP contribution < -0.4 is 5.73 Å². The van der Waals surface area contributed by atoms with Crippen LogP contribution in [0.3, 0.4) is 0 Å². The molecule has 0 aliphatic rings. The van der Waals surface area contributed by atoms with Crippen molar-refractivity contribution in [2.24, 2.45) is 10.7 Å². The van der Waals surface area contributed by atoms with Crippen LogP contribution in [-0.4, -0.2) is 5.17 Å². The van der Waals surface area contributed by atoms with Crippen LogP contribution >= 0.6 is 27.7 Å². The highest BCUT2D eigenvalue weighted by Crippen LogP contribution is 2.20. The van der Waals surface area contributed by atoms with E-state index in [0.717, 1.165) is 15.9 Å². The first-order valence-corrected chi connectivity index (χ1v) is 8.11. The SMILES string of the molecule is Cc1ccc(N=C(N)SCc2ccc(Br)cc2)cc1C. The second kappa shape index (κ2) is 6.95. The number of amidine groups is 1. The van der Waals surface area contributed by atoms with E-state index in [-0.39, 0.29) is 0 Å². The maximum absolute atomic E-state index is 5.98. The average molecular weight is 349 g/mol. The molecule has 0 aliphatic carbocycles. The van der Waals surface area contributed by atoms with Crippen LogP contribution in [0.5, 0.6) is 0 Å². The van der Waals surface area contributed by atoms with Gasteiger partial charge in [-0.05, 0) is 54.8 Å². The molecule has 2 aromatic rings. The summed E-state index contributed by atoms with van der Waals surface area (Å²) in [6, 6.07) is 14.4. The average Bonchev–Trinajstić information content (AvgIpc) is 2.42. The summed E-state index contributed by atoms with van der Waals surface area (Å²) in [4.78, 5) is 4.44. The molecule has 2 N–H and O–H groups in total. The number of nitrogens with two attached hydrogens (primary N) is 1. The molecule has 2 rings (SSSR count). The third-order valence-corrected chi connectivity index (χ3v) is 4.42. The van der Waals surface area contributed by atoms with Gasteiger partial charge >= 0.3 is 0 Å². The zero-order valence-corrected chi connectivity index (χ0v) is 14.0. The van der Waals surface area contributed by atoms with Crippen molar-refractivity contribution in [3.05, 3.63) is 63.6 Å². The topological polar surface area (TPSA) is 38.4 Å². The van der Waals surface area contributed by atoms with Gasteiger partial charge in [0.25, 0.3) is 0 Å². The lowest BCUT2D eigenvalue weighted by Crippen LogP contribution is -2.06. The van der Waals surface area contributed by atoms with E-state index in [1.807, 2.05) is 18.2 Å². The highest BCUT2D eigenvalue weighted by molar-refractivity contribution is 9.10. The zero-order chi connectivity index (χ0) is 14.5. The molecule has 0 amide bonds. The van der Waals surface area contributed by atoms with E-state index in [4.69, 9.17) is 5.73 Å². The summed E-state index contributed by atoms with van der Waals surface area (Å²) in [6.45, 7) is 4.17. The minimum Gasteiger partial charge on any atom is -0.378 e. The lowest BCUT2D eigenvalue weighted by molar-refractivity contribution is 1.32. The van der Waals surface area contributed by atoms with Crippen molar-refractivity contribution >= 4 is 38.5 Å². The monoisotopic (exact) mass is 348 g/mol. The third kappa shape index (κ3) is 4.39. The van der Waals surface area contributed by atoms with Gasteiger partial charge in [0.2, 0.25) is 0 Å². The number of benzene rings is 2. The molecule has 4 heteroatoms. The molecule has 2 aromatic carbocycles. The van der Waals surface area contributed by atoms with Gasteiger partial charge in [-0.2, -0.15) is 0 Å². The number of hydrogen-bond acceptors (Lipinski definition) is 2. The molecule has 0 atom stereocenters. The van der Waals surface area contributed by atoms with Gasteiger partial charge in [-0.3, -0.25) is 0 Å². The number of rotatable bonds is 3. The fraction of sp³-hybridized carbons (Fsp3) is 0.188. The first kappa shape index (κ1) is 15.1. The Morgan fingerprint density at radius 3 is 2.45 bits per heavy atom. The lowest BCUT2D eigenvalue weighted by Gasteiger charge is -2.04. The molecule has 0 aliphatic heterocycles. The van der Waals surface area contributed by atoms with Crippen LogP contribution in [0.4, 0.5) is 5.69 Å². The maximum atomic E-state index is 5.98. The van der Waals surface area contributed by atoms with E-state index in [0.29, 0.717) is 5.17 Å². The van der Waals surface area contributed by atoms with Gasteiger partial charge in [-0.1, -0.05) is 45.9 Å². The van der Waals surface area contributed by atoms with Crippen LogP contribution in [0.2, 0.25) is 0 Å². The largest absolute Gasteiger partial charge is 0.378 e. The molecule has 0 saturated carbocycles. The van der Waals surface area contributed by atoms with Crippen molar-refractivity contribution in [3.63, 3.8) is 0 Å². The van der Waals surface area contributed by atoms with E-state index in [1.54, 1.807) is 11.8 Å². The first-order chi connectivity index (χ1) is 9.54. The van der Waals surface area contributed by atoms with Gasteiger partial charge in [0, 0.05) is 10.2 Å². The molecule has 0 fully saturated rings. The highest BCUT2D eigenvalue weighted by Gasteiger charge is 1.99. The van der Waals surface area contributed by atoms with Gasteiger partial charge in [0.15, 0.2) is 5.17 Å². The van der Waals surface area contributed by atoms with Crippen LogP contribution in [-0.2, 0) is 5.75 Å². The zero-order valence-electron chi connectivity index (χ0n) is 11.6. The summed E-state index contributed by atoms with van der Waals surface area (Å²) in [5, 5.41) is 0.594. The molecule has 20 heavy (non-hydrogen) atoms. The summed E-state index contributed by atoms with van der Waals surface area (Å²) < 4.78 is 1.09. The minimum absolute atomic E-state index is 0.594. The van der Waals surface area contributed by atoms with E-state index in [1.165, 1.54) is 16.7 Å². The quantitative estimate of drug-likeness (QED) is 0.629. The van der Waals surface area contributed by atoms with Gasteiger partial charge in [0.1, 0.15) is 0 Å². The summed E-state index contributed by atoms with van der Waals surface area (Å²) in [5.74, 6) is 0.827. The van der Waals surface area contributed by atoms with E-state index in [2.05, 4.69) is 59.0 Å². The van der Waals surface area contributed by atoms with Crippen molar-refractivity contribution in [1.82, 2.24) is 0 Å². The Bertz CT molecular complexity index is 621. The normalized spacial score (nSPS) is 11.7. The van der Waals surface area contributed by atoms with Crippen molar-refractivity contribution < 1.29 is 0 Å². The maximum Gasteiger partial charge on any atom is 0.159 e. The van der Waals surface area contributed by atoms with Crippen LogP contribution in [0.15, 0.2) is 51.9 Å². The number of hydrogen-bond donors (Lipinski definition) is 1. The Hall–Kier alpha value is -1.26. The predicted molar refractivity (Wildman–Crippen MR) is 92.6 cm³/mol. The fourth-order valence-corrected chi connectivity index (χ4v) is 2.63. The van der Waals surface area contributed by atoms with Gasteiger partial charge < -0.3 is 5.73 Å². The van der Waals surface area contributed by atoms with Crippen LogP contribution in [0, 0.1) is 13.8 Å². The Labute approximate surface area is 132 Å². The van der Waals surface area contributed by atoms with Crippen LogP contribution in [0.1, 0.15) is 16.7 Å². The molecular formula is C16H17BrN2S. The van der Waals surface area contributed by atoms with E-state index in [9.17, 15) is 0 Å². The number of aliphatic imine (C=N–C) groups is 1. The summed E-state index contributed by atoms with van der Waals surface area (Å²) in [6.07, 6.45) is 0. The second-order valence-corrected chi connectivity index (χ2v) is 6.55. The lowest BCUT2D eigenvalue weighted by atomic mass is 10.1. The molecule has 0 aromatic heterocycles. The van der Waals surface area contributed by atoms with Crippen LogP contribution in [0.25, 0.3) is 0 Å². The van der Waals surface area contributed by atoms with Gasteiger partial charge in [-0.15, -0.1) is 0 Å². The highest BCUT2D eigenvalue weighted by atomic mass is 79.9. The van der Waals surface area contributed by atoms with Crippen molar-refractivity contribution in [3.8, 4) is 0 Å². The standard InChI is InChI=1S/C16H17BrN2S/c1-11-3-8-15(9-12(11)2)19-16(18)20-10-13-4-6-14(17)7-5-13/h3-9H,10H2,1-2H3,(H2,18,19). The molecular weight excluding hydrogens is 332 g/mol. The Morgan fingerprint density at radius 1 is 1.10 bits per heavy atom. The van der Waals surface area contributed by atoms with E-state index >= 15 is 0 Å². The fourth-order valence-electron chi connectivity index (χ4n) is 1.69. The van der Waals surface area contributed by atoms with E-state index < -0.39 is 0 Å². The third-order valence-electron chi connectivity index (χ3n) is 3.03. The Morgan fingerprint density at radius 2 is 1.80 bits per heavy atom. The number of thioether (sulfide) groups is 1. The molecule has 0 saturated heterocycles. The van der Waals surface area contributed by atoms with Gasteiger partial charge in [0.05, 0.1) is 5.69 Å². The van der Waals surface area contributed by atoms with Crippen molar-refractivity contribution in [2.45, 2.75) is 19.6 Å². The minimum atomic E-state index is 0.594. The van der Waals surface area contributed by atoms with Gasteiger partial charge in [-0.25, -0.2) is 4.99 Å². The molecule has 104 valence electrons. The molecule has 0 bridgehead atoms. The summed E-state index contributed by atoms with van der Waals surface area (Å²) in [5.41, 5.74) is 10.6.